The van der Waals surface area contributed by atoms with E-state index in [1.807, 2.05) is 18.2 Å². The van der Waals surface area contributed by atoms with E-state index in [4.69, 9.17) is 5.73 Å². The third-order valence-corrected chi connectivity index (χ3v) is 15.7. The molecule has 0 saturated heterocycles. The quantitative estimate of drug-likeness (QED) is 0.133. The number of phenols is 1. The van der Waals surface area contributed by atoms with Crippen molar-refractivity contribution in [2.24, 2.45) is 64.9 Å². The number of hydrogen-bond acceptors (Lipinski definition) is 3. The molecule has 0 heterocycles. The summed E-state index contributed by atoms with van der Waals surface area (Å²) in [4.78, 5) is 13.6. The standard InChI is InChI=1S/C55H67NO3/c56-38-46-29-31-49(54(58)59)53-51-32-30-45(52(46)53)36-40(19-8-2-7-18-39-16-5-1-6-17-39)34-43(42-21-9-3-10-22-42)23-14-28-50-44(35-41-20-13-27-48(57)37-41)24-15-33-55(50,51)47-25-11-4-12-26-47/h2-4,8-13,20-22,25-27,29-32,37,39-40,43-46,49-53,57H,1,5-7,15-19,23-24,33-36,38,56H2,(H,58,59). The fourth-order valence-electron chi connectivity index (χ4n) is 13.0. The van der Waals surface area contributed by atoms with Crippen LogP contribution >= 0.6 is 0 Å². The number of aromatic hydroxyl groups is 1. The van der Waals surface area contributed by atoms with E-state index >= 15 is 0 Å². The maximum Gasteiger partial charge on any atom is 0.310 e. The Bertz CT molecular complexity index is 1980. The van der Waals surface area contributed by atoms with Crippen LogP contribution in [0.3, 0.4) is 0 Å². The predicted octanol–water partition coefficient (Wildman–Crippen LogP) is 12.1. The number of nitrogens with two attached hydrogens (primary N) is 1. The van der Waals surface area contributed by atoms with E-state index in [1.54, 1.807) is 6.07 Å². The lowest BCUT2D eigenvalue weighted by atomic mass is 9.45. The normalized spacial score (nSPS) is 33.4. The van der Waals surface area contributed by atoms with Gasteiger partial charge in [-0.05, 0) is 140 Å². The Balaban J connectivity index is 1.25. The van der Waals surface area contributed by atoms with Gasteiger partial charge in [0.05, 0.1) is 5.92 Å². The minimum absolute atomic E-state index is 0.00963. The van der Waals surface area contributed by atoms with Crippen molar-refractivity contribution < 1.29 is 15.0 Å². The Morgan fingerprint density at radius 1 is 0.814 bits per heavy atom. The van der Waals surface area contributed by atoms with E-state index in [0.717, 1.165) is 69.3 Å². The largest absolute Gasteiger partial charge is 0.508 e. The van der Waals surface area contributed by atoms with E-state index in [1.165, 1.54) is 49.7 Å². The highest BCUT2D eigenvalue weighted by atomic mass is 16.4. The van der Waals surface area contributed by atoms with Crippen molar-refractivity contribution in [2.45, 2.75) is 108 Å². The second kappa shape index (κ2) is 19.4. The average Bonchev–Trinajstić information content (AvgIpc) is 3.28. The molecule has 2 bridgehead atoms. The van der Waals surface area contributed by atoms with Gasteiger partial charge < -0.3 is 15.9 Å². The second-order valence-electron chi connectivity index (χ2n) is 19.0. The molecular weight excluding hydrogens is 723 g/mol. The summed E-state index contributed by atoms with van der Waals surface area (Å²) in [6, 6.07) is 29.9. The Kier molecular flexibility index (Phi) is 13.6. The van der Waals surface area contributed by atoms with Gasteiger partial charge in [0.25, 0.3) is 0 Å². The molecule has 11 atom stereocenters. The summed E-state index contributed by atoms with van der Waals surface area (Å²) in [7, 11) is 0. The number of allylic oxidation sites excluding steroid dienone is 4. The second-order valence-corrected chi connectivity index (χ2v) is 19.0. The van der Waals surface area contributed by atoms with Crippen LogP contribution in [0.1, 0.15) is 112 Å². The molecule has 6 aliphatic carbocycles. The molecule has 59 heavy (non-hydrogen) atoms. The van der Waals surface area contributed by atoms with Crippen LogP contribution in [0, 0.1) is 71.0 Å². The Hall–Kier alpha value is -4.33. The molecular formula is C55H67NO3. The third-order valence-electron chi connectivity index (χ3n) is 15.7. The first-order chi connectivity index (χ1) is 28.9. The van der Waals surface area contributed by atoms with E-state index in [0.29, 0.717) is 24.1 Å². The number of carboxylic acids is 1. The fourth-order valence-corrected chi connectivity index (χ4v) is 13.0. The summed E-state index contributed by atoms with van der Waals surface area (Å²) in [5.74, 6) is 9.14. The lowest BCUT2D eigenvalue weighted by Crippen LogP contribution is -2.56. The van der Waals surface area contributed by atoms with Crippen LogP contribution in [-0.4, -0.2) is 22.7 Å². The highest BCUT2D eigenvalue weighted by Gasteiger charge is 2.58. The highest BCUT2D eigenvalue weighted by molar-refractivity contribution is 5.73. The summed E-state index contributed by atoms with van der Waals surface area (Å²) in [5.41, 5.74) is 10.1. The maximum absolute atomic E-state index is 13.6. The SMILES string of the molecule is NCC1C=CC(C(=O)O)C2C1C1C=CC2C2(c3ccccc3)CCCC(Cc3cccc(O)c3)C2C#CCC(c2ccccc2)CC(CC=CCCC2CCCCC2)C1. The first-order valence-electron chi connectivity index (χ1n) is 23.3. The number of phenolic OH excluding ortho intramolecular Hbond substituents is 1. The molecule has 6 aliphatic rings. The smallest absolute Gasteiger partial charge is 0.310 e. The Morgan fingerprint density at radius 3 is 2.37 bits per heavy atom. The van der Waals surface area contributed by atoms with Gasteiger partial charge in [-0.15, -0.1) is 5.92 Å². The number of fused-ring (bicyclic) bond motifs is 5. The van der Waals surface area contributed by atoms with Crippen molar-refractivity contribution in [1.82, 2.24) is 0 Å². The fraction of sp³-hybridized carbons (Fsp3) is 0.509. The topological polar surface area (TPSA) is 83.6 Å². The molecule has 2 fully saturated rings. The zero-order valence-corrected chi connectivity index (χ0v) is 35.1. The van der Waals surface area contributed by atoms with Crippen molar-refractivity contribution in [3.8, 4) is 17.6 Å². The van der Waals surface area contributed by atoms with E-state index in [2.05, 4.69) is 109 Å². The van der Waals surface area contributed by atoms with Gasteiger partial charge in [0.2, 0.25) is 0 Å². The summed E-state index contributed by atoms with van der Waals surface area (Å²) >= 11 is 0. The Labute approximate surface area is 354 Å². The number of hydrogen-bond donors (Lipinski definition) is 3. The molecule has 4 heteroatoms. The van der Waals surface area contributed by atoms with E-state index in [9.17, 15) is 15.0 Å². The van der Waals surface area contributed by atoms with Gasteiger partial charge in [0, 0.05) is 17.8 Å². The molecule has 2 saturated carbocycles. The molecule has 0 spiro atoms. The zero-order valence-electron chi connectivity index (χ0n) is 35.1. The first kappa shape index (κ1) is 41.4. The monoisotopic (exact) mass is 790 g/mol. The van der Waals surface area contributed by atoms with Crippen molar-refractivity contribution in [1.29, 1.82) is 0 Å². The predicted molar refractivity (Wildman–Crippen MR) is 241 cm³/mol. The summed E-state index contributed by atoms with van der Waals surface area (Å²) in [5, 5.41) is 21.7. The summed E-state index contributed by atoms with van der Waals surface area (Å²) in [6.07, 6.45) is 31.4. The summed E-state index contributed by atoms with van der Waals surface area (Å²) < 4.78 is 0. The maximum atomic E-state index is 13.6. The van der Waals surface area contributed by atoms with Crippen LogP contribution in [0.2, 0.25) is 0 Å². The third kappa shape index (κ3) is 9.22. The van der Waals surface area contributed by atoms with Gasteiger partial charge in [-0.2, -0.15) is 0 Å². The lowest BCUT2D eigenvalue weighted by molar-refractivity contribution is -0.145. The number of carboxylic acid groups (broad SMARTS) is 1. The number of rotatable bonds is 11. The average molecular weight is 790 g/mol. The zero-order chi connectivity index (χ0) is 40.6. The van der Waals surface area contributed by atoms with Crippen molar-refractivity contribution >= 4 is 5.97 Å². The van der Waals surface area contributed by atoms with Gasteiger partial charge in [-0.25, -0.2) is 0 Å². The molecule has 9 rings (SSSR count). The van der Waals surface area contributed by atoms with Crippen LogP contribution < -0.4 is 5.73 Å². The minimum Gasteiger partial charge on any atom is -0.508 e. The van der Waals surface area contributed by atoms with Crippen LogP contribution in [0.5, 0.6) is 5.75 Å². The minimum atomic E-state index is -0.727. The summed E-state index contributed by atoms with van der Waals surface area (Å²) in [6.45, 7) is 0.515. The van der Waals surface area contributed by atoms with E-state index < -0.39 is 17.3 Å². The molecule has 3 aromatic rings. The van der Waals surface area contributed by atoms with Gasteiger partial charge in [0.1, 0.15) is 5.75 Å². The molecule has 0 aromatic heterocycles. The molecule has 0 radical (unpaired) electrons. The molecule has 4 nitrogen and oxygen atoms in total. The van der Waals surface area contributed by atoms with Gasteiger partial charge in [0.15, 0.2) is 0 Å². The molecule has 310 valence electrons. The van der Waals surface area contributed by atoms with E-state index in [-0.39, 0.29) is 41.4 Å². The van der Waals surface area contributed by atoms with Gasteiger partial charge in [-0.1, -0.05) is 154 Å². The first-order valence-corrected chi connectivity index (χ1v) is 23.3. The van der Waals surface area contributed by atoms with Crippen molar-refractivity contribution in [3.63, 3.8) is 0 Å². The van der Waals surface area contributed by atoms with Gasteiger partial charge >= 0.3 is 5.97 Å². The molecule has 0 amide bonds. The number of aliphatic carboxylic acids is 1. The van der Waals surface area contributed by atoms with Crippen LogP contribution in [-0.2, 0) is 16.6 Å². The molecule has 0 aliphatic heterocycles. The Morgan fingerprint density at radius 2 is 1.61 bits per heavy atom. The highest BCUT2D eigenvalue weighted by Crippen LogP contribution is 2.61. The van der Waals surface area contributed by atoms with Crippen LogP contribution in [0.4, 0.5) is 0 Å². The van der Waals surface area contributed by atoms with Gasteiger partial charge in [-0.3, -0.25) is 4.79 Å². The van der Waals surface area contributed by atoms with Crippen LogP contribution in [0.15, 0.2) is 121 Å². The van der Waals surface area contributed by atoms with Crippen molar-refractivity contribution in [3.05, 3.63) is 138 Å². The molecule has 3 aromatic carbocycles. The molecule has 11 unspecified atom stereocenters. The number of benzene rings is 3. The lowest BCUT2D eigenvalue weighted by Gasteiger charge is -2.58. The van der Waals surface area contributed by atoms with Crippen LogP contribution in [0.25, 0.3) is 0 Å². The number of carbonyl (C=O) groups is 1. The van der Waals surface area contributed by atoms with Crippen molar-refractivity contribution in [2.75, 3.05) is 6.54 Å². The molecule has 4 N–H and O–H groups in total.